The topological polar surface area (TPSA) is 129 Å². The van der Waals surface area contributed by atoms with Crippen LogP contribution in [-0.4, -0.2) is 74.5 Å². The Hall–Kier alpha value is -3.04. The van der Waals surface area contributed by atoms with Gasteiger partial charge in [-0.05, 0) is 13.8 Å². The minimum atomic E-state index is -1.07. The maximum atomic E-state index is 12.3. The molecule has 26 heavy (non-hydrogen) atoms. The minimum absolute atomic E-state index is 0.0144. The second kappa shape index (κ2) is 9.44. The van der Waals surface area contributed by atoms with Crippen LogP contribution in [0.3, 0.4) is 0 Å². The Morgan fingerprint density at radius 1 is 0.885 bits per heavy atom. The highest BCUT2D eigenvalue weighted by Gasteiger charge is 2.38. The van der Waals surface area contributed by atoms with Gasteiger partial charge in [-0.25, -0.2) is 19.2 Å². The zero-order valence-electron chi connectivity index (χ0n) is 15.0. The van der Waals surface area contributed by atoms with E-state index >= 15 is 0 Å². The van der Waals surface area contributed by atoms with E-state index in [0.29, 0.717) is 0 Å². The van der Waals surface area contributed by atoms with Crippen LogP contribution in [0.25, 0.3) is 0 Å². The van der Waals surface area contributed by atoms with Crippen LogP contribution in [0.5, 0.6) is 0 Å². The van der Waals surface area contributed by atoms with Gasteiger partial charge >= 0.3 is 24.0 Å². The summed E-state index contributed by atoms with van der Waals surface area (Å²) in [5.74, 6) is -3.73. The second-order valence-corrected chi connectivity index (χ2v) is 4.93. The van der Waals surface area contributed by atoms with Crippen molar-refractivity contribution in [3.63, 3.8) is 0 Å². The normalized spacial score (nSPS) is 14.5. The molecule has 0 spiro atoms. The monoisotopic (exact) mass is 371 g/mol. The van der Waals surface area contributed by atoms with Crippen LogP contribution in [0.4, 0.5) is 4.79 Å². The lowest BCUT2D eigenvalue weighted by Crippen LogP contribution is -2.36. The fourth-order valence-electron chi connectivity index (χ4n) is 2.26. The van der Waals surface area contributed by atoms with E-state index in [-0.39, 0.29) is 18.8 Å². The lowest BCUT2D eigenvalue weighted by Gasteiger charge is -2.20. The van der Waals surface area contributed by atoms with Gasteiger partial charge in [0.15, 0.2) is 0 Å². The van der Waals surface area contributed by atoms with E-state index in [1.54, 1.807) is 13.8 Å². The molecule has 0 saturated heterocycles. The van der Waals surface area contributed by atoms with Gasteiger partial charge in [0.1, 0.15) is 11.3 Å². The highest BCUT2D eigenvalue weighted by Crippen LogP contribution is 2.27. The number of amides is 1. The van der Waals surface area contributed by atoms with Gasteiger partial charge in [0.2, 0.25) is 0 Å². The first-order valence-corrected chi connectivity index (χ1v) is 7.73. The van der Waals surface area contributed by atoms with Gasteiger partial charge < -0.3 is 24.1 Å². The maximum absolute atomic E-state index is 12.3. The number of hydrogen-bond acceptors (Lipinski definition) is 9. The number of nitrogens with zero attached hydrogens (tertiary/aromatic N) is 1. The number of hydrogen-bond donors (Lipinski definition) is 1. The predicted molar refractivity (Wildman–Crippen MR) is 85.9 cm³/mol. The number of methoxy groups -OCH3 is 2. The number of ether oxygens (including phenoxy) is 4. The van der Waals surface area contributed by atoms with E-state index in [1.807, 2.05) is 0 Å². The largest absolute Gasteiger partial charge is 0.509 e. The summed E-state index contributed by atoms with van der Waals surface area (Å²) in [6.07, 6.45) is -0.851. The fraction of sp³-hybridized carbons (Fsp3) is 0.500. The molecule has 0 fully saturated rings. The molecular formula is C16H21NO9. The molecule has 144 valence electrons. The molecule has 1 aliphatic heterocycles. The van der Waals surface area contributed by atoms with Crippen molar-refractivity contribution < 1.29 is 43.2 Å². The van der Waals surface area contributed by atoms with E-state index in [2.05, 4.69) is 9.47 Å². The van der Waals surface area contributed by atoms with E-state index in [9.17, 15) is 24.3 Å². The number of esters is 3. The van der Waals surface area contributed by atoms with Crippen molar-refractivity contribution in [1.82, 2.24) is 4.90 Å². The number of carbonyl (C=O) groups excluding carboxylic acids is 4. The third-order valence-corrected chi connectivity index (χ3v) is 3.36. The number of aliphatic hydroxyl groups excluding tert-OH is 1. The lowest BCUT2D eigenvalue weighted by molar-refractivity contribution is -0.141. The van der Waals surface area contributed by atoms with Crippen molar-refractivity contribution in [2.24, 2.45) is 0 Å². The molecule has 1 heterocycles. The molecular weight excluding hydrogens is 350 g/mol. The van der Waals surface area contributed by atoms with Crippen LogP contribution in [0.15, 0.2) is 22.5 Å². The minimum Gasteiger partial charge on any atom is -0.509 e. The van der Waals surface area contributed by atoms with Crippen molar-refractivity contribution in [2.45, 2.75) is 13.8 Å². The predicted octanol–water partition coefficient (Wildman–Crippen LogP) is 0.476. The molecule has 0 aromatic rings. The van der Waals surface area contributed by atoms with Crippen LogP contribution in [0, 0.1) is 0 Å². The van der Waals surface area contributed by atoms with E-state index in [1.165, 1.54) is 0 Å². The van der Waals surface area contributed by atoms with E-state index < -0.39 is 54.0 Å². The lowest BCUT2D eigenvalue weighted by atomic mass is 9.99. The molecule has 0 aromatic carbocycles. The third-order valence-electron chi connectivity index (χ3n) is 3.36. The molecule has 10 nitrogen and oxygen atoms in total. The zero-order chi connectivity index (χ0) is 19.9. The maximum Gasteiger partial charge on any atom is 0.410 e. The van der Waals surface area contributed by atoms with Gasteiger partial charge in [0, 0.05) is 0 Å². The summed E-state index contributed by atoms with van der Waals surface area (Å²) in [5.41, 5.74) is -1.44. The molecule has 0 saturated carbocycles. The Labute approximate surface area is 149 Å². The highest BCUT2D eigenvalue weighted by molar-refractivity contribution is 6.12. The quantitative estimate of drug-likeness (QED) is 0.542. The average Bonchev–Trinajstić information content (AvgIpc) is 2.77. The summed E-state index contributed by atoms with van der Waals surface area (Å²) in [6, 6.07) is 0. The van der Waals surface area contributed by atoms with Gasteiger partial charge in [-0.2, -0.15) is 0 Å². The third kappa shape index (κ3) is 4.52. The fourth-order valence-corrected chi connectivity index (χ4v) is 2.26. The summed E-state index contributed by atoms with van der Waals surface area (Å²) < 4.78 is 19.0. The Kier molecular flexibility index (Phi) is 7.63. The van der Waals surface area contributed by atoms with Crippen molar-refractivity contribution >= 4 is 24.0 Å². The molecule has 0 aliphatic carbocycles. The summed E-state index contributed by atoms with van der Waals surface area (Å²) in [7, 11) is 2.08. The molecule has 0 aromatic heterocycles. The molecule has 0 radical (unpaired) electrons. The molecule has 0 atom stereocenters. The smallest absolute Gasteiger partial charge is 0.410 e. The molecule has 0 unspecified atom stereocenters. The molecule has 1 rings (SSSR count). The molecule has 1 amide bonds. The Morgan fingerprint density at radius 3 is 1.92 bits per heavy atom. The van der Waals surface area contributed by atoms with Crippen molar-refractivity contribution in [3.8, 4) is 0 Å². The van der Waals surface area contributed by atoms with Gasteiger partial charge in [0.05, 0.1) is 51.7 Å². The second-order valence-electron chi connectivity index (χ2n) is 4.93. The van der Waals surface area contributed by atoms with E-state index in [4.69, 9.17) is 9.47 Å². The standard InChI is InChI=1S/C16H21NO9/c1-5-25-13(19)9-7-17(16(22)26-6-2)8-10(18)12(15(21)24-4)11(9)14(20)23-3/h18H,5-8H2,1-4H3. The summed E-state index contributed by atoms with van der Waals surface area (Å²) in [4.78, 5) is 49.7. The van der Waals surface area contributed by atoms with Crippen molar-refractivity contribution in [2.75, 3.05) is 40.5 Å². The first kappa shape index (κ1) is 21.0. The summed E-state index contributed by atoms with van der Waals surface area (Å²) in [6.45, 7) is 2.24. The van der Waals surface area contributed by atoms with E-state index in [0.717, 1.165) is 19.1 Å². The zero-order valence-corrected chi connectivity index (χ0v) is 15.0. The number of aliphatic hydroxyl groups is 1. The highest BCUT2D eigenvalue weighted by atomic mass is 16.6. The van der Waals surface area contributed by atoms with Gasteiger partial charge in [-0.3, -0.25) is 4.90 Å². The van der Waals surface area contributed by atoms with Gasteiger partial charge in [-0.1, -0.05) is 0 Å². The van der Waals surface area contributed by atoms with Crippen LogP contribution < -0.4 is 0 Å². The van der Waals surface area contributed by atoms with Crippen molar-refractivity contribution in [1.29, 1.82) is 0 Å². The van der Waals surface area contributed by atoms with Crippen LogP contribution in [0.1, 0.15) is 13.8 Å². The van der Waals surface area contributed by atoms with Crippen molar-refractivity contribution in [3.05, 3.63) is 22.5 Å². The summed E-state index contributed by atoms with van der Waals surface area (Å²) in [5, 5.41) is 10.3. The Bertz CT molecular complexity index is 663. The Balaban J connectivity index is 3.65. The molecule has 10 heteroatoms. The van der Waals surface area contributed by atoms with Crippen LogP contribution in [0.2, 0.25) is 0 Å². The van der Waals surface area contributed by atoms with Crippen LogP contribution in [-0.2, 0) is 33.3 Å². The number of carbonyl (C=O) groups is 4. The van der Waals surface area contributed by atoms with Crippen LogP contribution >= 0.6 is 0 Å². The summed E-state index contributed by atoms with van der Waals surface area (Å²) >= 11 is 0. The SMILES string of the molecule is CCOC(=O)C1=C(C(=O)OC)C(C(=O)OC)=C(O)CN(C(=O)OCC)C1. The number of rotatable bonds is 5. The first-order valence-electron chi connectivity index (χ1n) is 7.73. The molecule has 1 N–H and O–H groups in total. The molecule has 0 bridgehead atoms. The van der Waals surface area contributed by atoms with Gasteiger partial charge in [-0.15, -0.1) is 0 Å². The Morgan fingerprint density at radius 2 is 1.42 bits per heavy atom. The first-order chi connectivity index (χ1) is 12.3. The average molecular weight is 371 g/mol. The van der Waals surface area contributed by atoms with Gasteiger partial charge in [0.25, 0.3) is 0 Å². The molecule has 1 aliphatic rings.